The Morgan fingerprint density at radius 1 is 0.833 bits per heavy atom. The molecule has 0 spiro atoms. The van der Waals surface area contributed by atoms with Crippen LogP contribution in [0.2, 0.25) is 10.0 Å². The maximum Gasteiger partial charge on any atom is 0.416 e. The Bertz CT molecular complexity index is 1400. The number of anilines is 1. The van der Waals surface area contributed by atoms with Crippen molar-refractivity contribution in [3.05, 3.63) is 93.0 Å². The molecule has 0 aliphatic rings. The van der Waals surface area contributed by atoms with Crippen LogP contribution in [0, 0.1) is 0 Å². The van der Waals surface area contributed by atoms with Gasteiger partial charge in [0, 0.05) is 29.9 Å². The maximum absolute atomic E-state index is 13.3. The Labute approximate surface area is 246 Å². The van der Waals surface area contributed by atoms with Crippen LogP contribution in [0.4, 0.5) is 36.8 Å². The van der Waals surface area contributed by atoms with E-state index in [1.807, 2.05) is 0 Å². The van der Waals surface area contributed by atoms with Gasteiger partial charge in [0.2, 0.25) is 0 Å². The first-order valence-corrected chi connectivity index (χ1v) is 13.0. The molecule has 0 fully saturated rings. The lowest BCUT2D eigenvalue weighted by molar-refractivity contribution is -0.143. The molecule has 15 heteroatoms. The highest BCUT2D eigenvalue weighted by molar-refractivity contribution is 6.42. The van der Waals surface area contributed by atoms with Gasteiger partial charge in [-0.05, 0) is 54.4 Å². The number of phenolic OH excluding ortho intramolecular Hbond substituents is 1. The largest absolute Gasteiger partial charge is 0.508 e. The summed E-state index contributed by atoms with van der Waals surface area (Å²) in [5.41, 5.74) is -3.59. The number of carbonyl (C=O) groups is 2. The number of carbonyl (C=O) groups excluding carboxylic acids is 2. The van der Waals surface area contributed by atoms with Gasteiger partial charge in [-0.2, -0.15) is 26.3 Å². The average molecular weight is 637 g/mol. The van der Waals surface area contributed by atoms with Crippen molar-refractivity contribution in [3.63, 3.8) is 0 Å². The molecule has 0 saturated carbocycles. The van der Waals surface area contributed by atoms with Gasteiger partial charge in [0.05, 0.1) is 21.2 Å². The Hall–Kier alpha value is -3.84. The van der Waals surface area contributed by atoms with E-state index in [0.29, 0.717) is 12.1 Å². The molecule has 226 valence electrons. The topological polar surface area (TPSA) is 102 Å². The zero-order valence-corrected chi connectivity index (χ0v) is 23.1. The number of aromatic hydroxyl groups is 1. The second kappa shape index (κ2) is 13.4. The predicted octanol–water partition coefficient (Wildman–Crippen LogP) is 7.36. The van der Waals surface area contributed by atoms with Crippen LogP contribution in [-0.4, -0.2) is 29.6 Å². The lowest BCUT2D eigenvalue weighted by Crippen LogP contribution is -2.49. The van der Waals surface area contributed by atoms with Crippen molar-refractivity contribution in [2.24, 2.45) is 0 Å². The number of alkyl halides is 6. The third-order valence-corrected chi connectivity index (χ3v) is 6.64. The summed E-state index contributed by atoms with van der Waals surface area (Å²) in [5, 5.41) is 20.1. The minimum absolute atomic E-state index is 0.01000. The Kier molecular flexibility index (Phi) is 10.4. The van der Waals surface area contributed by atoms with E-state index in [1.165, 1.54) is 30.3 Å². The first kappa shape index (κ1) is 32.7. The average Bonchev–Trinajstić information content (AvgIpc) is 2.91. The summed E-state index contributed by atoms with van der Waals surface area (Å²) >= 11 is 12.0. The van der Waals surface area contributed by atoms with Crippen LogP contribution in [0.25, 0.3) is 0 Å². The van der Waals surface area contributed by atoms with E-state index in [0.717, 1.165) is 0 Å². The van der Waals surface area contributed by atoms with Gasteiger partial charge in [0.15, 0.2) is 0 Å². The zero-order chi connectivity index (χ0) is 31.2. The third kappa shape index (κ3) is 9.08. The summed E-state index contributed by atoms with van der Waals surface area (Å²) in [6.07, 6.45) is -11.3. The van der Waals surface area contributed by atoms with Gasteiger partial charge in [-0.3, -0.25) is 4.79 Å². The molecule has 3 rings (SSSR count). The molecule has 0 saturated heterocycles. The van der Waals surface area contributed by atoms with Crippen molar-refractivity contribution in [1.82, 2.24) is 16.0 Å². The molecule has 3 amide bonds. The van der Waals surface area contributed by atoms with E-state index in [-0.39, 0.29) is 46.1 Å². The minimum atomic E-state index is -5.17. The van der Waals surface area contributed by atoms with Crippen LogP contribution in [-0.2, 0) is 12.4 Å². The molecule has 3 aromatic carbocycles. The Morgan fingerprint density at radius 3 is 2.02 bits per heavy atom. The smallest absolute Gasteiger partial charge is 0.416 e. The number of hydrogen-bond donors (Lipinski definition) is 5. The van der Waals surface area contributed by atoms with Gasteiger partial charge in [-0.15, -0.1) is 0 Å². The van der Waals surface area contributed by atoms with Crippen LogP contribution in [0.1, 0.15) is 46.6 Å². The lowest BCUT2D eigenvalue weighted by atomic mass is 10.0. The first-order chi connectivity index (χ1) is 19.6. The van der Waals surface area contributed by atoms with Gasteiger partial charge in [-0.1, -0.05) is 42.3 Å². The zero-order valence-electron chi connectivity index (χ0n) is 21.6. The van der Waals surface area contributed by atoms with Gasteiger partial charge in [0.25, 0.3) is 5.91 Å². The molecule has 5 N–H and O–H groups in total. The standard InChI is InChI=1S/C27H24Cl2F6N4O3/c1-2-18(13-36-19-4-3-5-20(40)12-19)37-25(42)39-23(14-6-7-21(28)22(29)10-14)38-24(41)15-8-16(26(30,31)32)11-17(9-15)27(33,34)35/h3-12,18,23,36,40H,2,13H2,1H3,(H,38,41)(H2,37,39,42). The Morgan fingerprint density at radius 2 is 1.48 bits per heavy atom. The molecule has 0 heterocycles. The predicted molar refractivity (Wildman–Crippen MR) is 145 cm³/mol. The fourth-order valence-electron chi connectivity index (χ4n) is 3.71. The van der Waals surface area contributed by atoms with E-state index in [4.69, 9.17) is 23.2 Å². The number of halogens is 8. The minimum Gasteiger partial charge on any atom is -0.508 e. The van der Waals surface area contributed by atoms with Crippen LogP contribution in [0.5, 0.6) is 5.75 Å². The van der Waals surface area contributed by atoms with Crippen LogP contribution >= 0.6 is 23.2 Å². The number of phenols is 1. The highest BCUT2D eigenvalue weighted by Crippen LogP contribution is 2.36. The van der Waals surface area contributed by atoms with Gasteiger partial charge >= 0.3 is 18.4 Å². The van der Waals surface area contributed by atoms with Crippen molar-refractivity contribution < 1.29 is 41.0 Å². The van der Waals surface area contributed by atoms with Crippen molar-refractivity contribution in [2.45, 2.75) is 37.9 Å². The molecule has 2 atom stereocenters. The number of nitrogens with one attached hydrogen (secondary N) is 4. The summed E-state index contributed by atoms with van der Waals surface area (Å²) < 4.78 is 79.9. The van der Waals surface area contributed by atoms with E-state index in [9.17, 15) is 41.0 Å². The van der Waals surface area contributed by atoms with Gasteiger partial charge in [0.1, 0.15) is 11.9 Å². The van der Waals surface area contributed by atoms with Crippen molar-refractivity contribution in [3.8, 4) is 5.75 Å². The highest BCUT2D eigenvalue weighted by Gasteiger charge is 2.37. The molecule has 3 aromatic rings. The quantitative estimate of drug-likeness (QED) is 0.125. The van der Waals surface area contributed by atoms with Crippen LogP contribution in [0.3, 0.4) is 0 Å². The molecular weight excluding hydrogens is 613 g/mol. The first-order valence-electron chi connectivity index (χ1n) is 12.2. The van der Waals surface area contributed by atoms with Gasteiger partial charge in [-0.25, -0.2) is 4.79 Å². The molecule has 7 nitrogen and oxygen atoms in total. The molecule has 0 bridgehead atoms. The molecule has 2 unspecified atom stereocenters. The van der Waals surface area contributed by atoms with E-state index in [2.05, 4.69) is 21.3 Å². The molecule has 42 heavy (non-hydrogen) atoms. The monoisotopic (exact) mass is 636 g/mol. The maximum atomic E-state index is 13.3. The molecule has 0 aliphatic carbocycles. The fraction of sp³-hybridized carbons (Fsp3) is 0.259. The second-order valence-electron chi connectivity index (χ2n) is 9.03. The molecule has 0 aromatic heterocycles. The van der Waals surface area contributed by atoms with Crippen molar-refractivity contribution in [1.29, 1.82) is 0 Å². The summed E-state index contributed by atoms with van der Waals surface area (Å²) in [6.45, 7) is 2.00. The SMILES string of the molecule is CCC(CNc1cccc(O)c1)NC(=O)NC(NC(=O)c1cc(C(F)(F)F)cc(C(F)(F)F)c1)c1ccc(Cl)c(Cl)c1. The summed E-state index contributed by atoms with van der Waals surface area (Å²) in [6, 6.07) is 9.36. The molecule has 0 radical (unpaired) electrons. The number of urea groups is 1. The van der Waals surface area contributed by atoms with Crippen molar-refractivity contribution in [2.75, 3.05) is 11.9 Å². The summed E-state index contributed by atoms with van der Waals surface area (Å²) in [4.78, 5) is 25.9. The third-order valence-electron chi connectivity index (χ3n) is 5.90. The summed E-state index contributed by atoms with van der Waals surface area (Å²) in [7, 11) is 0. The lowest BCUT2D eigenvalue weighted by Gasteiger charge is -2.24. The number of rotatable bonds is 9. The number of hydrogen-bond acceptors (Lipinski definition) is 4. The number of benzene rings is 3. The van der Waals surface area contributed by atoms with E-state index < -0.39 is 53.2 Å². The highest BCUT2D eigenvalue weighted by atomic mass is 35.5. The van der Waals surface area contributed by atoms with E-state index >= 15 is 0 Å². The van der Waals surface area contributed by atoms with E-state index in [1.54, 1.807) is 19.1 Å². The fourth-order valence-corrected chi connectivity index (χ4v) is 4.01. The normalized spacial score (nSPS) is 13.2. The Balaban J connectivity index is 1.84. The van der Waals surface area contributed by atoms with Crippen molar-refractivity contribution >= 4 is 40.8 Å². The number of amides is 3. The van der Waals surface area contributed by atoms with Crippen LogP contribution < -0.4 is 21.3 Å². The molecular formula is C27H24Cl2F6N4O3. The molecule has 0 aliphatic heterocycles. The second-order valence-corrected chi connectivity index (χ2v) is 9.84. The van der Waals surface area contributed by atoms with Crippen LogP contribution in [0.15, 0.2) is 60.7 Å². The summed E-state index contributed by atoms with van der Waals surface area (Å²) in [5.74, 6) is -1.30. The van der Waals surface area contributed by atoms with Gasteiger partial charge < -0.3 is 26.4 Å².